The van der Waals surface area contributed by atoms with Gasteiger partial charge in [0.05, 0.1) is 6.61 Å². The highest BCUT2D eigenvalue weighted by molar-refractivity contribution is 6.34. The van der Waals surface area contributed by atoms with Crippen LogP contribution in [-0.2, 0) is 11.2 Å². The van der Waals surface area contributed by atoms with Crippen molar-refractivity contribution in [2.75, 3.05) is 13.2 Å². The molecule has 21 heavy (non-hydrogen) atoms. The fourth-order valence-corrected chi connectivity index (χ4v) is 3.20. The Balaban J connectivity index is 1.96. The van der Waals surface area contributed by atoms with Crippen molar-refractivity contribution in [2.45, 2.75) is 44.2 Å². The van der Waals surface area contributed by atoms with Crippen molar-refractivity contribution in [3.05, 3.63) is 21.7 Å². The van der Waals surface area contributed by atoms with Crippen molar-refractivity contribution < 1.29 is 17.9 Å². The summed E-state index contributed by atoms with van der Waals surface area (Å²) in [6.07, 6.45) is 0.0886. The van der Waals surface area contributed by atoms with Gasteiger partial charge in [0.2, 0.25) is 0 Å². The monoisotopic (exact) mass is 342 g/mol. The Morgan fingerprint density at radius 2 is 1.67 bits per heavy atom. The predicted molar refractivity (Wildman–Crippen MR) is 73.8 cm³/mol. The van der Waals surface area contributed by atoms with Crippen LogP contribution in [0.5, 0.6) is 0 Å². The van der Waals surface area contributed by atoms with Gasteiger partial charge in [0.1, 0.15) is 22.7 Å². The Morgan fingerprint density at radius 3 is 2.19 bits per heavy atom. The minimum Gasteiger partial charge on any atom is -0.372 e. The quantitative estimate of drug-likeness (QED) is 0.581. The van der Waals surface area contributed by atoms with Gasteiger partial charge in [-0.15, -0.1) is 0 Å². The van der Waals surface area contributed by atoms with Gasteiger partial charge in [-0.1, -0.05) is 36.0 Å². The normalized spacial score (nSPS) is 16.6. The summed E-state index contributed by atoms with van der Waals surface area (Å²) >= 11 is 12.3. The van der Waals surface area contributed by atoms with Gasteiger partial charge in [-0.3, -0.25) is 0 Å². The van der Waals surface area contributed by atoms with Crippen molar-refractivity contribution in [2.24, 2.45) is 0 Å². The van der Waals surface area contributed by atoms with Crippen LogP contribution in [0.4, 0.5) is 13.2 Å². The molecular weight excluding hydrogens is 328 g/mol. The fourth-order valence-electron chi connectivity index (χ4n) is 2.47. The molecule has 0 bridgehead atoms. The zero-order valence-electron chi connectivity index (χ0n) is 11.2. The Kier molecular flexibility index (Phi) is 5.68. The highest BCUT2D eigenvalue weighted by atomic mass is 35.5. The molecule has 0 aromatic carbocycles. The summed E-state index contributed by atoms with van der Waals surface area (Å²) in [5.41, 5.74) is 0.760. The van der Waals surface area contributed by atoms with E-state index in [9.17, 15) is 13.2 Å². The lowest BCUT2D eigenvalue weighted by atomic mass is 10.0. The topological polar surface area (TPSA) is 35.0 Å². The Labute approximate surface area is 130 Å². The van der Waals surface area contributed by atoms with Gasteiger partial charge >= 0.3 is 6.18 Å². The van der Waals surface area contributed by atoms with Crippen LogP contribution in [0.15, 0.2) is 0 Å². The molecule has 0 atom stereocenters. The van der Waals surface area contributed by atoms with Crippen molar-refractivity contribution in [1.82, 2.24) is 9.97 Å². The van der Waals surface area contributed by atoms with E-state index >= 15 is 0 Å². The molecule has 2 rings (SSSR count). The molecule has 1 aliphatic rings. The Morgan fingerprint density at radius 1 is 1.10 bits per heavy atom. The van der Waals surface area contributed by atoms with Crippen LogP contribution >= 0.6 is 23.2 Å². The van der Waals surface area contributed by atoms with E-state index in [0.29, 0.717) is 16.1 Å². The van der Waals surface area contributed by atoms with Gasteiger partial charge in [0, 0.05) is 12.0 Å². The van der Waals surface area contributed by atoms with Crippen LogP contribution in [0.2, 0.25) is 10.3 Å². The van der Waals surface area contributed by atoms with E-state index in [1.165, 1.54) is 0 Å². The number of alkyl halides is 3. The number of halogens is 5. The zero-order chi connectivity index (χ0) is 15.5. The number of rotatable bonds is 5. The summed E-state index contributed by atoms with van der Waals surface area (Å²) < 4.78 is 40.3. The third-order valence-electron chi connectivity index (χ3n) is 3.40. The van der Waals surface area contributed by atoms with Crippen LogP contribution in [0.1, 0.15) is 43.0 Å². The predicted octanol–water partition coefficient (Wildman–Crippen LogP) is 4.56. The molecule has 0 amide bonds. The molecule has 1 fully saturated rings. The second kappa shape index (κ2) is 7.11. The number of hydrogen-bond donors (Lipinski definition) is 0. The summed E-state index contributed by atoms with van der Waals surface area (Å²) in [5.74, 6) is 0.578. The highest BCUT2D eigenvalue weighted by Gasteiger charge is 2.27. The third kappa shape index (κ3) is 4.97. The van der Waals surface area contributed by atoms with Gasteiger partial charge in [-0.05, 0) is 18.8 Å². The summed E-state index contributed by atoms with van der Waals surface area (Å²) in [7, 11) is 0. The van der Waals surface area contributed by atoms with E-state index in [2.05, 4.69) is 14.7 Å². The van der Waals surface area contributed by atoms with Crippen molar-refractivity contribution in [3.63, 3.8) is 0 Å². The van der Waals surface area contributed by atoms with Gasteiger partial charge in [0.25, 0.3) is 0 Å². The first kappa shape index (κ1) is 16.8. The smallest absolute Gasteiger partial charge is 0.372 e. The minimum atomic E-state index is -4.33. The lowest BCUT2D eigenvalue weighted by Crippen LogP contribution is -2.18. The van der Waals surface area contributed by atoms with E-state index in [1.54, 1.807) is 0 Å². The van der Waals surface area contributed by atoms with Gasteiger partial charge in [-0.25, -0.2) is 9.97 Å². The Hall–Kier alpha value is -0.590. The fraction of sp³-hybridized carbons (Fsp3) is 0.692. The van der Waals surface area contributed by atoms with Crippen molar-refractivity contribution in [3.8, 4) is 0 Å². The molecule has 118 valence electrons. The number of nitrogens with zero attached hydrogens (tertiary/aromatic N) is 2. The molecule has 0 saturated heterocycles. The van der Waals surface area contributed by atoms with E-state index in [4.69, 9.17) is 23.2 Å². The summed E-state index contributed by atoms with van der Waals surface area (Å²) in [4.78, 5) is 8.24. The lowest BCUT2D eigenvalue weighted by Gasteiger charge is -2.14. The number of hydrogen-bond acceptors (Lipinski definition) is 3. The first-order chi connectivity index (χ1) is 9.87. The SMILES string of the molecule is FC(F)(F)COCCc1nc(Cl)c(C2CCCC2)c(Cl)n1. The second-order valence-electron chi connectivity index (χ2n) is 5.03. The average molecular weight is 343 g/mol. The average Bonchev–Trinajstić information content (AvgIpc) is 2.86. The summed E-state index contributed by atoms with van der Waals surface area (Å²) in [6, 6.07) is 0. The molecular formula is C13H15Cl2F3N2O. The third-order valence-corrected chi connectivity index (χ3v) is 3.97. The molecule has 1 aromatic rings. The highest BCUT2D eigenvalue weighted by Crippen LogP contribution is 2.39. The van der Waals surface area contributed by atoms with Gasteiger partial charge < -0.3 is 4.74 Å². The summed E-state index contributed by atoms with van der Waals surface area (Å²) in [6.45, 7) is -1.41. The van der Waals surface area contributed by atoms with Crippen molar-refractivity contribution >= 4 is 23.2 Å². The molecule has 1 aliphatic carbocycles. The van der Waals surface area contributed by atoms with Crippen LogP contribution in [0.25, 0.3) is 0 Å². The zero-order valence-corrected chi connectivity index (χ0v) is 12.7. The maximum absolute atomic E-state index is 11.9. The molecule has 0 radical (unpaired) electrons. The molecule has 3 nitrogen and oxygen atoms in total. The van der Waals surface area contributed by atoms with E-state index in [1.807, 2.05) is 0 Å². The van der Waals surface area contributed by atoms with Crippen LogP contribution in [-0.4, -0.2) is 29.4 Å². The first-order valence-corrected chi connectivity index (χ1v) is 7.48. The standard InChI is InChI=1S/C13H15Cl2F3N2O/c14-11-10(8-3-1-2-4-8)12(15)20-9(19-11)5-6-21-7-13(16,17)18/h8H,1-7H2. The maximum atomic E-state index is 11.9. The second-order valence-corrected chi connectivity index (χ2v) is 5.75. The van der Waals surface area contributed by atoms with Gasteiger partial charge in [0.15, 0.2) is 0 Å². The minimum absolute atomic E-state index is 0.130. The van der Waals surface area contributed by atoms with E-state index in [-0.39, 0.29) is 18.9 Å². The molecule has 0 aliphatic heterocycles. The molecule has 1 aromatic heterocycles. The van der Waals surface area contributed by atoms with E-state index in [0.717, 1.165) is 31.2 Å². The van der Waals surface area contributed by atoms with Gasteiger partial charge in [-0.2, -0.15) is 13.2 Å². The first-order valence-electron chi connectivity index (χ1n) is 6.73. The number of ether oxygens (including phenoxy) is 1. The molecule has 0 spiro atoms. The van der Waals surface area contributed by atoms with Crippen LogP contribution in [0.3, 0.4) is 0 Å². The molecule has 1 heterocycles. The molecule has 1 saturated carbocycles. The summed E-state index contributed by atoms with van der Waals surface area (Å²) in [5, 5.41) is 0.598. The van der Waals surface area contributed by atoms with Crippen LogP contribution < -0.4 is 0 Å². The lowest BCUT2D eigenvalue weighted by molar-refractivity contribution is -0.173. The maximum Gasteiger partial charge on any atom is 0.411 e. The van der Waals surface area contributed by atoms with Crippen LogP contribution in [0, 0.1) is 0 Å². The molecule has 0 unspecified atom stereocenters. The Bertz CT molecular complexity index is 468. The van der Waals surface area contributed by atoms with E-state index < -0.39 is 12.8 Å². The molecule has 8 heteroatoms. The number of aromatic nitrogens is 2. The van der Waals surface area contributed by atoms with Crippen molar-refractivity contribution in [1.29, 1.82) is 0 Å². The molecule has 0 N–H and O–H groups in total. The largest absolute Gasteiger partial charge is 0.411 e.